The van der Waals surface area contributed by atoms with Crippen LogP contribution in [-0.4, -0.2) is 5.78 Å². The second-order valence-corrected chi connectivity index (χ2v) is 5.63. The smallest absolute Gasteiger partial charge is 0.148 e. The van der Waals surface area contributed by atoms with Gasteiger partial charge in [-0.15, -0.1) is 11.3 Å². The molecule has 0 saturated heterocycles. The Bertz CT molecular complexity index is 558. The zero-order valence-corrected chi connectivity index (χ0v) is 10.6. The van der Waals surface area contributed by atoms with E-state index in [-0.39, 0.29) is 17.5 Å². The number of thiophene rings is 1. The van der Waals surface area contributed by atoms with E-state index >= 15 is 0 Å². The molecular formula is C15H13FOS. The summed E-state index contributed by atoms with van der Waals surface area (Å²) in [5.41, 5.74) is 0.511. The SMILES string of the molecule is O=C(C1CC1)C(c1cccs1)c1ccccc1F. The van der Waals surface area contributed by atoms with Gasteiger partial charge in [0.2, 0.25) is 0 Å². The van der Waals surface area contributed by atoms with E-state index in [9.17, 15) is 9.18 Å². The van der Waals surface area contributed by atoms with Crippen molar-refractivity contribution in [3.05, 3.63) is 58.0 Å². The van der Waals surface area contributed by atoms with Crippen LogP contribution in [-0.2, 0) is 4.79 Å². The van der Waals surface area contributed by atoms with E-state index in [1.165, 1.54) is 17.4 Å². The van der Waals surface area contributed by atoms with E-state index in [1.54, 1.807) is 18.2 Å². The highest BCUT2D eigenvalue weighted by Gasteiger charge is 2.37. The van der Waals surface area contributed by atoms with Crippen molar-refractivity contribution in [2.45, 2.75) is 18.8 Å². The molecule has 0 aliphatic heterocycles. The van der Waals surface area contributed by atoms with Crippen molar-refractivity contribution < 1.29 is 9.18 Å². The van der Waals surface area contributed by atoms with Gasteiger partial charge in [-0.05, 0) is 30.4 Å². The van der Waals surface area contributed by atoms with E-state index in [1.807, 2.05) is 17.5 Å². The maximum Gasteiger partial charge on any atom is 0.148 e. The largest absolute Gasteiger partial charge is 0.298 e. The van der Waals surface area contributed by atoms with Crippen LogP contribution in [0.4, 0.5) is 4.39 Å². The molecule has 18 heavy (non-hydrogen) atoms. The Morgan fingerprint density at radius 2 is 2.00 bits per heavy atom. The monoisotopic (exact) mass is 260 g/mol. The first-order valence-electron chi connectivity index (χ1n) is 6.09. The molecule has 1 atom stereocenters. The van der Waals surface area contributed by atoms with Gasteiger partial charge >= 0.3 is 0 Å². The maximum absolute atomic E-state index is 13.9. The lowest BCUT2D eigenvalue weighted by molar-refractivity contribution is -0.120. The molecule has 0 radical (unpaired) electrons. The Balaban J connectivity index is 2.05. The minimum atomic E-state index is -0.418. The number of hydrogen-bond donors (Lipinski definition) is 0. The number of rotatable bonds is 4. The second kappa shape index (κ2) is 4.65. The fourth-order valence-electron chi connectivity index (χ4n) is 2.22. The van der Waals surface area contributed by atoms with Crippen LogP contribution in [0.15, 0.2) is 41.8 Å². The third-order valence-electron chi connectivity index (χ3n) is 3.31. The molecule has 0 amide bonds. The molecule has 1 heterocycles. The molecule has 3 heteroatoms. The van der Waals surface area contributed by atoms with Crippen molar-refractivity contribution in [2.24, 2.45) is 5.92 Å². The second-order valence-electron chi connectivity index (χ2n) is 4.65. The van der Waals surface area contributed by atoms with Crippen LogP contribution >= 0.6 is 11.3 Å². The number of hydrogen-bond acceptors (Lipinski definition) is 2. The summed E-state index contributed by atoms with van der Waals surface area (Å²) in [5, 5.41) is 1.93. The van der Waals surface area contributed by atoms with Crippen molar-refractivity contribution in [3.63, 3.8) is 0 Å². The summed E-state index contributed by atoms with van der Waals surface area (Å²) in [5.74, 6) is -0.400. The Labute approximate surface area is 109 Å². The van der Waals surface area contributed by atoms with Crippen molar-refractivity contribution in [1.29, 1.82) is 0 Å². The molecule has 1 aliphatic carbocycles. The first-order valence-corrected chi connectivity index (χ1v) is 6.97. The predicted octanol–water partition coefficient (Wildman–Crippen LogP) is 4.00. The van der Waals surface area contributed by atoms with Gasteiger partial charge in [0.25, 0.3) is 0 Å². The van der Waals surface area contributed by atoms with Crippen LogP contribution in [0.5, 0.6) is 0 Å². The van der Waals surface area contributed by atoms with Gasteiger partial charge in [0.05, 0.1) is 5.92 Å². The summed E-state index contributed by atoms with van der Waals surface area (Å²) in [7, 11) is 0. The third kappa shape index (κ3) is 2.10. The van der Waals surface area contributed by atoms with Crippen LogP contribution in [0.3, 0.4) is 0 Å². The summed E-state index contributed by atoms with van der Waals surface area (Å²) in [6, 6.07) is 10.4. The molecule has 0 N–H and O–H groups in total. The van der Waals surface area contributed by atoms with Crippen molar-refractivity contribution in [3.8, 4) is 0 Å². The molecule has 1 aromatic carbocycles. The topological polar surface area (TPSA) is 17.1 Å². The minimum absolute atomic E-state index is 0.136. The molecule has 1 unspecified atom stereocenters. The highest BCUT2D eigenvalue weighted by atomic mass is 32.1. The van der Waals surface area contributed by atoms with Crippen LogP contribution in [0, 0.1) is 11.7 Å². The Hall–Kier alpha value is -1.48. The average molecular weight is 260 g/mol. The van der Waals surface area contributed by atoms with E-state index < -0.39 is 5.92 Å². The molecular weight excluding hydrogens is 247 g/mol. The molecule has 0 bridgehead atoms. The number of ketones is 1. The summed E-state index contributed by atoms with van der Waals surface area (Å²) in [4.78, 5) is 13.3. The molecule has 92 valence electrons. The summed E-state index contributed by atoms with van der Waals surface area (Å²) >= 11 is 1.52. The third-order valence-corrected chi connectivity index (χ3v) is 4.25. The fraction of sp³-hybridized carbons (Fsp3) is 0.267. The summed E-state index contributed by atoms with van der Waals surface area (Å²) < 4.78 is 13.9. The van der Waals surface area contributed by atoms with Gasteiger partial charge in [-0.1, -0.05) is 24.3 Å². The number of carbonyl (C=O) groups is 1. The van der Waals surface area contributed by atoms with Gasteiger partial charge in [-0.3, -0.25) is 4.79 Å². The van der Waals surface area contributed by atoms with Crippen molar-refractivity contribution in [1.82, 2.24) is 0 Å². The molecule has 1 aromatic heterocycles. The van der Waals surface area contributed by atoms with Crippen LogP contribution in [0.25, 0.3) is 0 Å². The summed E-state index contributed by atoms with van der Waals surface area (Å²) in [6.45, 7) is 0. The van der Waals surface area contributed by atoms with E-state index in [2.05, 4.69) is 0 Å². The van der Waals surface area contributed by atoms with Crippen molar-refractivity contribution in [2.75, 3.05) is 0 Å². The zero-order chi connectivity index (χ0) is 12.5. The van der Waals surface area contributed by atoms with Gasteiger partial charge in [0, 0.05) is 16.4 Å². The lowest BCUT2D eigenvalue weighted by atomic mass is 9.90. The van der Waals surface area contributed by atoms with Crippen LogP contribution < -0.4 is 0 Å². The van der Waals surface area contributed by atoms with Crippen LogP contribution in [0.2, 0.25) is 0 Å². The first kappa shape index (κ1) is 11.6. The Morgan fingerprint density at radius 1 is 1.22 bits per heavy atom. The lowest BCUT2D eigenvalue weighted by Gasteiger charge is -2.15. The molecule has 1 fully saturated rings. The molecule has 1 aliphatic rings. The fourth-order valence-corrected chi connectivity index (χ4v) is 3.07. The number of Topliss-reactive ketones (excluding diaryl/α,β-unsaturated/α-hetero) is 1. The molecule has 1 saturated carbocycles. The Morgan fingerprint density at radius 3 is 2.61 bits per heavy atom. The zero-order valence-electron chi connectivity index (χ0n) is 9.80. The number of benzene rings is 1. The number of carbonyl (C=O) groups excluding carboxylic acids is 1. The van der Waals surface area contributed by atoms with Gasteiger partial charge in [0.15, 0.2) is 0 Å². The molecule has 1 nitrogen and oxygen atoms in total. The highest BCUT2D eigenvalue weighted by molar-refractivity contribution is 7.10. The molecule has 2 aromatic rings. The maximum atomic E-state index is 13.9. The molecule has 3 rings (SSSR count). The van der Waals surface area contributed by atoms with E-state index in [0.29, 0.717) is 5.56 Å². The first-order chi connectivity index (χ1) is 8.77. The average Bonchev–Trinajstić information content (AvgIpc) is 3.10. The quantitative estimate of drug-likeness (QED) is 0.812. The molecule has 0 spiro atoms. The van der Waals surface area contributed by atoms with Gasteiger partial charge < -0.3 is 0 Å². The van der Waals surface area contributed by atoms with Crippen LogP contribution in [0.1, 0.15) is 29.2 Å². The number of halogens is 1. The predicted molar refractivity (Wildman–Crippen MR) is 70.3 cm³/mol. The van der Waals surface area contributed by atoms with Gasteiger partial charge in [-0.25, -0.2) is 4.39 Å². The van der Waals surface area contributed by atoms with E-state index in [4.69, 9.17) is 0 Å². The van der Waals surface area contributed by atoms with Gasteiger partial charge in [-0.2, -0.15) is 0 Å². The lowest BCUT2D eigenvalue weighted by Crippen LogP contribution is -2.16. The normalized spacial score (nSPS) is 16.5. The Kier molecular flexibility index (Phi) is 3.00. The minimum Gasteiger partial charge on any atom is -0.298 e. The van der Waals surface area contributed by atoms with Crippen molar-refractivity contribution >= 4 is 17.1 Å². The highest BCUT2D eigenvalue weighted by Crippen LogP contribution is 2.40. The summed E-state index contributed by atoms with van der Waals surface area (Å²) in [6.07, 6.45) is 1.91. The van der Waals surface area contributed by atoms with E-state index in [0.717, 1.165) is 17.7 Å². The standard InChI is InChI=1S/C15H13FOS/c16-12-5-2-1-4-11(12)14(13-6-3-9-18-13)15(17)10-7-8-10/h1-6,9-10,14H,7-8H2. The van der Waals surface area contributed by atoms with Gasteiger partial charge in [0.1, 0.15) is 11.6 Å².